The van der Waals surface area contributed by atoms with E-state index in [2.05, 4.69) is 30.7 Å². The second-order valence-electron chi connectivity index (χ2n) is 9.00. The first-order valence-corrected chi connectivity index (χ1v) is 11.6. The molecule has 1 atom stereocenters. The third-order valence-corrected chi connectivity index (χ3v) is 6.04. The summed E-state index contributed by atoms with van der Waals surface area (Å²) >= 11 is 0. The first-order valence-electron chi connectivity index (χ1n) is 11.6. The summed E-state index contributed by atoms with van der Waals surface area (Å²) < 4.78 is 11.0. The van der Waals surface area contributed by atoms with Crippen LogP contribution in [0.5, 0.6) is 5.75 Å². The van der Waals surface area contributed by atoms with E-state index in [1.54, 1.807) is 7.11 Å². The van der Waals surface area contributed by atoms with Gasteiger partial charge in [-0.2, -0.15) is 9.97 Å². The molecule has 1 aromatic carbocycles. The molecular formula is C25H34N6O3. The maximum Gasteiger partial charge on any atom is 0.244 e. The number of methoxy groups -OCH3 is 1. The Morgan fingerprint density at radius 2 is 1.97 bits per heavy atom. The molecule has 1 N–H and O–H groups in total. The third kappa shape index (κ3) is 4.64. The number of hydrogen-bond acceptors (Lipinski definition) is 9. The summed E-state index contributed by atoms with van der Waals surface area (Å²) in [6.45, 7) is 8.34. The summed E-state index contributed by atoms with van der Waals surface area (Å²) in [6.07, 6.45) is 0. The zero-order valence-electron chi connectivity index (χ0n) is 20.8. The van der Waals surface area contributed by atoms with Crippen LogP contribution in [0.25, 0.3) is 22.3 Å². The molecular weight excluding hydrogens is 432 g/mol. The van der Waals surface area contributed by atoms with Gasteiger partial charge in [0, 0.05) is 37.8 Å². The second kappa shape index (κ2) is 10.1. The Balaban J connectivity index is 1.89. The van der Waals surface area contributed by atoms with E-state index in [1.807, 2.05) is 49.4 Å². The lowest BCUT2D eigenvalue weighted by molar-refractivity contribution is 0.0986. The number of anilines is 2. The van der Waals surface area contributed by atoms with Crippen molar-refractivity contribution in [3.05, 3.63) is 35.9 Å². The summed E-state index contributed by atoms with van der Waals surface area (Å²) in [5.74, 6) is 2.13. The van der Waals surface area contributed by atoms with Crippen LogP contribution in [0.1, 0.15) is 26.3 Å². The summed E-state index contributed by atoms with van der Waals surface area (Å²) in [5, 5.41) is 14.7. The smallest absolute Gasteiger partial charge is 0.244 e. The molecule has 9 heteroatoms. The van der Waals surface area contributed by atoms with E-state index in [4.69, 9.17) is 24.4 Å². The summed E-state index contributed by atoms with van der Waals surface area (Å²) in [7, 11) is 5.57. The van der Waals surface area contributed by atoms with E-state index in [1.165, 1.54) is 0 Å². The van der Waals surface area contributed by atoms with Gasteiger partial charge in [-0.05, 0) is 51.1 Å². The van der Waals surface area contributed by atoms with Crippen molar-refractivity contribution >= 4 is 22.8 Å². The van der Waals surface area contributed by atoms with Crippen LogP contribution in [0.4, 0.5) is 11.8 Å². The number of aliphatic hydroxyl groups excluding tert-OH is 1. The van der Waals surface area contributed by atoms with Crippen molar-refractivity contribution in [2.24, 2.45) is 0 Å². The van der Waals surface area contributed by atoms with E-state index < -0.39 is 0 Å². The minimum absolute atomic E-state index is 0.109. The molecule has 3 heterocycles. The number of aliphatic hydroxyl groups is 1. The Bertz CT molecular complexity index is 1140. The van der Waals surface area contributed by atoms with E-state index in [-0.39, 0.29) is 18.7 Å². The third-order valence-electron chi connectivity index (χ3n) is 6.04. The minimum atomic E-state index is -0.109. The molecule has 182 valence electrons. The number of benzene rings is 1. The Morgan fingerprint density at radius 3 is 2.62 bits per heavy atom. The minimum Gasteiger partial charge on any atom is -0.496 e. The average Bonchev–Trinajstić information content (AvgIpc) is 2.82. The van der Waals surface area contributed by atoms with Crippen molar-refractivity contribution in [1.29, 1.82) is 0 Å². The number of pyridine rings is 1. The van der Waals surface area contributed by atoms with Gasteiger partial charge < -0.3 is 19.5 Å². The van der Waals surface area contributed by atoms with Gasteiger partial charge in [0.15, 0.2) is 5.65 Å². The number of nitrogens with zero attached hydrogens (tertiary/aromatic N) is 6. The first-order chi connectivity index (χ1) is 16.3. The zero-order chi connectivity index (χ0) is 24.4. The van der Waals surface area contributed by atoms with Crippen molar-refractivity contribution in [1.82, 2.24) is 20.0 Å². The van der Waals surface area contributed by atoms with Gasteiger partial charge in [0.05, 0.1) is 44.1 Å². The highest BCUT2D eigenvalue weighted by atomic mass is 16.5. The quantitative estimate of drug-likeness (QED) is 0.528. The molecule has 0 radical (unpaired) electrons. The molecule has 0 spiro atoms. The van der Waals surface area contributed by atoms with Crippen molar-refractivity contribution in [2.45, 2.75) is 39.5 Å². The molecule has 3 aromatic rings. The first kappa shape index (κ1) is 24.1. The Hall–Kier alpha value is -3.01. The van der Waals surface area contributed by atoms with Crippen LogP contribution in [-0.2, 0) is 11.3 Å². The summed E-state index contributed by atoms with van der Waals surface area (Å²) in [4.78, 5) is 17.1. The van der Waals surface area contributed by atoms with E-state index in [0.717, 1.165) is 29.0 Å². The lowest BCUT2D eigenvalue weighted by Gasteiger charge is -2.37. The Labute approximate surface area is 200 Å². The van der Waals surface area contributed by atoms with Gasteiger partial charge in [-0.15, -0.1) is 0 Å². The predicted molar refractivity (Wildman–Crippen MR) is 134 cm³/mol. The molecule has 0 unspecified atom stereocenters. The lowest BCUT2D eigenvalue weighted by Crippen LogP contribution is -2.46. The van der Waals surface area contributed by atoms with Gasteiger partial charge in [0.2, 0.25) is 5.95 Å². The number of aromatic nitrogens is 3. The van der Waals surface area contributed by atoms with Crippen LogP contribution in [0.2, 0.25) is 0 Å². The molecule has 1 aliphatic heterocycles. The maximum absolute atomic E-state index is 9.75. The highest BCUT2D eigenvalue weighted by Crippen LogP contribution is 2.32. The van der Waals surface area contributed by atoms with Crippen molar-refractivity contribution < 1.29 is 14.6 Å². The van der Waals surface area contributed by atoms with Crippen LogP contribution in [-0.4, -0.2) is 78.1 Å². The molecule has 9 nitrogen and oxygen atoms in total. The lowest BCUT2D eigenvalue weighted by atomic mass is 10.1. The molecule has 1 fully saturated rings. The zero-order valence-corrected chi connectivity index (χ0v) is 20.8. The largest absolute Gasteiger partial charge is 0.496 e. The highest BCUT2D eigenvalue weighted by Gasteiger charge is 2.26. The summed E-state index contributed by atoms with van der Waals surface area (Å²) in [5.41, 5.74) is 3.01. The molecule has 34 heavy (non-hydrogen) atoms. The van der Waals surface area contributed by atoms with Gasteiger partial charge >= 0.3 is 0 Å². The maximum atomic E-state index is 9.75. The molecule has 0 bridgehead atoms. The molecule has 0 aliphatic carbocycles. The SMILES string of the molecule is COc1ccc(-c2ccc3c(N4CCOC[C@@H]4C)nc(N(C(C)C)N(C)C)nc3n2)cc1CO. The van der Waals surface area contributed by atoms with Crippen molar-refractivity contribution in [2.75, 3.05) is 50.9 Å². The van der Waals surface area contributed by atoms with E-state index in [0.29, 0.717) is 36.1 Å². The monoisotopic (exact) mass is 466 g/mol. The fourth-order valence-electron chi connectivity index (χ4n) is 4.44. The molecule has 4 rings (SSSR count). The standard InChI is InChI=1S/C25H34N6O3/c1-16(2)31(29(4)5)25-27-23-20(24(28-25)30-11-12-34-15-17(30)3)8-9-21(26-23)18-7-10-22(33-6)19(13-18)14-32/h7-10,13,16-17,32H,11-12,14-15H2,1-6H3/t17-/m0/s1. The molecule has 0 amide bonds. The fourth-order valence-corrected chi connectivity index (χ4v) is 4.44. The van der Waals surface area contributed by atoms with Crippen LogP contribution >= 0.6 is 0 Å². The predicted octanol–water partition coefficient (Wildman–Crippen LogP) is 3.11. The van der Waals surface area contributed by atoms with Gasteiger partial charge in [-0.1, -0.05) is 0 Å². The number of morpholine rings is 1. The molecule has 0 saturated carbocycles. The molecule has 2 aromatic heterocycles. The normalized spacial score (nSPS) is 16.5. The number of rotatable bonds is 7. The van der Waals surface area contributed by atoms with Gasteiger partial charge in [-0.3, -0.25) is 5.01 Å². The molecule has 1 aliphatic rings. The topological polar surface area (TPSA) is 87.1 Å². The Kier molecular flexibility index (Phi) is 7.16. The Morgan fingerprint density at radius 1 is 1.18 bits per heavy atom. The number of hydrazine groups is 1. The highest BCUT2D eigenvalue weighted by molar-refractivity contribution is 5.90. The number of hydrogen-bond donors (Lipinski definition) is 1. The second-order valence-corrected chi connectivity index (χ2v) is 9.00. The van der Waals surface area contributed by atoms with Gasteiger partial charge in [0.25, 0.3) is 0 Å². The van der Waals surface area contributed by atoms with Crippen LogP contribution in [0.15, 0.2) is 30.3 Å². The number of ether oxygens (including phenoxy) is 2. The van der Waals surface area contributed by atoms with Crippen LogP contribution in [0.3, 0.4) is 0 Å². The van der Waals surface area contributed by atoms with E-state index in [9.17, 15) is 5.11 Å². The van der Waals surface area contributed by atoms with Gasteiger partial charge in [0.1, 0.15) is 11.6 Å². The van der Waals surface area contributed by atoms with Crippen LogP contribution < -0.4 is 14.6 Å². The van der Waals surface area contributed by atoms with Crippen LogP contribution in [0, 0.1) is 0 Å². The van der Waals surface area contributed by atoms with Gasteiger partial charge in [-0.25, -0.2) is 9.99 Å². The average molecular weight is 467 g/mol. The van der Waals surface area contributed by atoms with Crippen molar-refractivity contribution in [3.63, 3.8) is 0 Å². The summed E-state index contributed by atoms with van der Waals surface area (Å²) in [6, 6.07) is 10.1. The number of fused-ring (bicyclic) bond motifs is 1. The van der Waals surface area contributed by atoms with E-state index >= 15 is 0 Å². The fraction of sp³-hybridized carbons (Fsp3) is 0.480. The van der Waals surface area contributed by atoms with Crippen molar-refractivity contribution in [3.8, 4) is 17.0 Å². The molecule has 1 saturated heterocycles.